The minimum absolute atomic E-state index is 0.00691. The van der Waals surface area contributed by atoms with Crippen LogP contribution in [0.3, 0.4) is 0 Å². The molecule has 0 aliphatic carbocycles. The molecule has 1 saturated heterocycles. The highest BCUT2D eigenvalue weighted by Gasteiger charge is 2.50. The molecule has 1 aromatic rings. The van der Waals surface area contributed by atoms with Gasteiger partial charge in [-0.3, -0.25) is 20.2 Å². The molecule has 0 unspecified atom stereocenters. The van der Waals surface area contributed by atoms with Gasteiger partial charge in [-0.1, -0.05) is 30.3 Å². The van der Waals surface area contributed by atoms with Gasteiger partial charge in [0, 0.05) is 6.61 Å². The van der Waals surface area contributed by atoms with E-state index < -0.39 is 23.3 Å². The number of benzene rings is 1. The predicted octanol–water partition coefficient (Wildman–Crippen LogP) is 0.453. The Morgan fingerprint density at radius 1 is 0.950 bits per heavy atom. The van der Waals surface area contributed by atoms with Gasteiger partial charge in [0.25, 0.3) is 0 Å². The maximum absolute atomic E-state index is 12.3. The van der Waals surface area contributed by atoms with Gasteiger partial charge in [-0.15, -0.1) is 0 Å². The number of carbonyl (C=O) groups excluding carboxylic acids is 3. The fraction of sp³-hybridized carbons (Fsp3) is 0.357. The van der Waals surface area contributed by atoms with Gasteiger partial charge in [0.1, 0.15) is 0 Å². The van der Waals surface area contributed by atoms with Crippen molar-refractivity contribution < 1.29 is 19.5 Å². The van der Waals surface area contributed by atoms with Crippen LogP contribution >= 0.6 is 0 Å². The lowest BCUT2D eigenvalue weighted by atomic mass is 9.73. The summed E-state index contributed by atoms with van der Waals surface area (Å²) in [4.78, 5) is 35.8. The van der Waals surface area contributed by atoms with E-state index in [2.05, 4.69) is 10.6 Å². The summed E-state index contributed by atoms with van der Waals surface area (Å²) >= 11 is 0. The molecule has 0 atom stereocenters. The van der Waals surface area contributed by atoms with Crippen molar-refractivity contribution in [3.8, 4) is 0 Å². The van der Waals surface area contributed by atoms with E-state index >= 15 is 0 Å². The molecular weight excluding hydrogens is 260 g/mol. The number of hydrogen-bond donors (Lipinski definition) is 3. The lowest BCUT2D eigenvalue weighted by Gasteiger charge is -2.34. The van der Waals surface area contributed by atoms with Gasteiger partial charge in [-0.05, 0) is 24.8 Å². The third-order valence-electron chi connectivity index (χ3n) is 3.46. The van der Waals surface area contributed by atoms with Crippen molar-refractivity contribution in [3.05, 3.63) is 35.9 Å². The fourth-order valence-electron chi connectivity index (χ4n) is 2.41. The van der Waals surface area contributed by atoms with E-state index in [4.69, 9.17) is 5.11 Å². The van der Waals surface area contributed by atoms with Gasteiger partial charge in [0.15, 0.2) is 5.41 Å². The Morgan fingerprint density at radius 3 is 2.10 bits per heavy atom. The largest absolute Gasteiger partial charge is 0.396 e. The highest BCUT2D eigenvalue weighted by atomic mass is 16.3. The molecule has 0 radical (unpaired) electrons. The van der Waals surface area contributed by atoms with Gasteiger partial charge < -0.3 is 5.11 Å². The highest BCUT2D eigenvalue weighted by molar-refractivity contribution is 6.22. The number of amides is 4. The molecule has 106 valence electrons. The van der Waals surface area contributed by atoms with Crippen LogP contribution in [-0.2, 0) is 15.0 Å². The maximum atomic E-state index is 12.3. The number of nitrogens with one attached hydrogen (secondary N) is 2. The van der Waals surface area contributed by atoms with Crippen molar-refractivity contribution in [2.75, 3.05) is 6.61 Å². The molecule has 0 aromatic heterocycles. The first-order valence-corrected chi connectivity index (χ1v) is 6.44. The van der Waals surface area contributed by atoms with E-state index in [0.29, 0.717) is 18.4 Å². The number of rotatable bonds is 5. The first kappa shape index (κ1) is 14.2. The van der Waals surface area contributed by atoms with E-state index in [9.17, 15) is 14.4 Å². The molecule has 1 aromatic carbocycles. The fourth-order valence-corrected chi connectivity index (χ4v) is 2.41. The van der Waals surface area contributed by atoms with E-state index in [-0.39, 0.29) is 13.0 Å². The predicted molar refractivity (Wildman–Crippen MR) is 70.7 cm³/mol. The summed E-state index contributed by atoms with van der Waals surface area (Å²) in [6, 6.07) is 7.84. The number of carbonyl (C=O) groups is 3. The van der Waals surface area contributed by atoms with Crippen LogP contribution < -0.4 is 10.6 Å². The third kappa shape index (κ3) is 2.42. The van der Waals surface area contributed by atoms with Gasteiger partial charge in [-0.2, -0.15) is 0 Å². The number of aliphatic hydroxyl groups is 1. The molecule has 3 N–H and O–H groups in total. The van der Waals surface area contributed by atoms with Crippen LogP contribution in [0.25, 0.3) is 0 Å². The molecule has 1 heterocycles. The van der Waals surface area contributed by atoms with Crippen LogP contribution in [0.2, 0.25) is 0 Å². The molecule has 6 heteroatoms. The Balaban J connectivity index is 2.40. The zero-order valence-electron chi connectivity index (χ0n) is 10.9. The minimum Gasteiger partial charge on any atom is -0.396 e. The third-order valence-corrected chi connectivity index (χ3v) is 3.46. The maximum Gasteiger partial charge on any atom is 0.328 e. The van der Waals surface area contributed by atoms with E-state index in [0.717, 1.165) is 0 Å². The van der Waals surface area contributed by atoms with Crippen molar-refractivity contribution in [3.63, 3.8) is 0 Å². The molecule has 1 aliphatic heterocycles. The zero-order valence-corrected chi connectivity index (χ0v) is 10.9. The summed E-state index contributed by atoms with van der Waals surface area (Å²) in [5.74, 6) is -1.23. The average Bonchev–Trinajstić information content (AvgIpc) is 2.43. The topological polar surface area (TPSA) is 95.5 Å². The second kappa shape index (κ2) is 5.83. The number of hydrogen-bond acceptors (Lipinski definition) is 4. The Kier molecular flexibility index (Phi) is 4.14. The SMILES string of the molecule is O=C1NC(=O)C(CCCCO)(c2ccccc2)C(=O)N1. The molecular formula is C14H16N2O4. The molecule has 0 spiro atoms. The second-order valence-corrected chi connectivity index (χ2v) is 4.69. The summed E-state index contributed by atoms with van der Waals surface area (Å²) in [5, 5.41) is 13.2. The van der Waals surface area contributed by atoms with E-state index in [1.807, 2.05) is 0 Å². The zero-order chi connectivity index (χ0) is 14.6. The molecule has 1 aliphatic rings. The van der Waals surface area contributed by atoms with E-state index in [1.54, 1.807) is 30.3 Å². The van der Waals surface area contributed by atoms with Crippen LogP contribution in [0.5, 0.6) is 0 Å². The Bertz CT molecular complexity index is 507. The van der Waals surface area contributed by atoms with Gasteiger partial charge in [0.05, 0.1) is 0 Å². The van der Waals surface area contributed by atoms with Gasteiger partial charge in [-0.25, -0.2) is 4.79 Å². The summed E-state index contributed by atoms with van der Waals surface area (Å²) < 4.78 is 0. The molecule has 20 heavy (non-hydrogen) atoms. The van der Waals surface area contributed by atoms with Crippen LogP contribution in [0, 0.1) is 0 Å². The highest BCUT2D eigenvalue weighted by Crippen LogP contribution is 2.32. The van der Waals surface area contributed by atoms with Crippen molar-refractivity contribution in [2.45, 2.75) is 24.7 Å². The molecule has 0 saturated carbocycles. The normalized spacial score (nSPS) is 17.6. The minimum atomic E-state index is -1.41. The van der Waals surface area contributed by atoms with Crippen molar-refractivity contribution in [1.29, 1.82) is 0 Å². The number of imide groups is 2. The van der Waals surface area contributed by atoms with Crippen LogP contribution in [0.4, 0.5) is 4.79 Å². The number of unbranched alkanes of at least 4 members (excludes halogenated alkanes) is 1. The molecule has 0 bridgehead atoms. The molecule has 2 rings (SSSR count). The molecule has 1 fully saturated rings. The standard InChI is InChI=1S/C14H16N2O4/c17-9-5-4-8-14(10-6-2-1-3-7-10)11(18)15-13(20)16-12(14)19/h1-3,6-7,17H,4-5,8-9H2,(H2,15,16,18,19,20). The summed E-state index contributed by atoms with van der Waals surface area (Å²) in [6.45, 7) is -0.00691. The quantitative estimate of drug-likeness (QED) is 0.537. The number of aliphatic hydroxyl groups excluding tert-OH is 1. The molecule has 6 nitrogen and oxygen atoms in total. The first-order valence-electron chi connectivity index (χ1n) is 6.44. The van der Waals surface area contributed by atoms with E-state index in [1.165, 1.54) is 0 Å². The van der Waals surface area contributed by atoms with Crippen molar-refractivity contribution >= 4 is 17.8 Å². The summed E-state index contributed by atoms with van der Waals surface area (Å²) in [5.41, 5.74) is -0.870. The smallest absolute Gasteiger partial charge is 0.328 e. The average molecular weight is 276 g/mol. The van der Waals surface area contributed by atoms with Crippen LogP contribution in [-0.4, -0.2) is 29.6 Å². The Morgan fingerprint density at radius 2 is 1.55 bits per heavy atom. The van der Waals surface area contributed by atoms with Gasteiger partial charge >= 0.3 is 6.03 Å². The second-order valence-electron chi connectivity index (χ2n) is 4.69. The first-order chi connectivity index (χ1) is 9.61. The lowest BCUT2D eigenvalue weighted by Crippen LogP contribution is -2.64. The summed E-state index contributed by atoms with van der Waals surface area (Å²) in [7, 11) is 0. The van der Waals surface area contributed by atoms with Crippen LogP contribution in [0.15, 0.2) is 30.3 Å². The Labute approximate surface area is 116 Å². The van der Waals surface area contributed by atoms with Crippen molar-refractivity contribution in [2.24, 2.45) is 0 Å². The molecule has 4 amide bonds. The number of urea groups is 1. The Hall–Kier alpha value is -2.21. The number of barbiturate groups is 1. The summed E-state index contributed by atoms with van der Waals surface area (Å²) in [6.07, 6.45) is 1.23. The lowest BCUT2D eigenvalue weighted by molar-refractivity contribution is -0.139. The van der Waals surface area contributed by atoms with Crippen molar-refractivity contribution in [1.82, 2.24) is 10.6 Å². The van der Waals surface area contributed by atoms with Crippen LogP contribution in [0.1, 0.15) is 24.8 Å². The van der Waals surface area contributed by atoms with Gasteiger partial charge in [0.2, 0.25) is 11.8 Å². The monoisotopic (exact) mass is 276 g/mol.